The summed E-state index contributed by atoms with van der Waals surface area (Å²) < 4.78 is 62.4. The minimum Gasteiger partial charge on any atom is -0.390 e. The molecule has 0 aliphatic carbocycles. The molecular weight excluding hydrogens is 1240 g/mol. The summed E-state index contributed by atoms with van der Waals surface area (Å²) >= 11 is 0. The zero-order valence-electron chi connectivity index (χ0n) is 57.6. The van der Waals surface area contributed by atoms with Crippen molar-refractivity contribution in [1.82, 2.24) is 40.2 Å². The number of carbonyl (C=O) groups excluding carboxylic acids is 3. The van der Waals surface area contributed by atoms with Crippen LogP contribution in [0.4, 0.5) is 8.78 Å². The van der Waals surface area contributed by atoms with Gasteiger partial charge in [0, 0.05) is 71.0 Å². The number of quaternary nitrogens is 2. The molecule has 8 rings (SSSR count). The highest BCUT2D eigenvalue weighted by molar-refractivity contribution is 6.77. The zero-order chi connectivity index (χ0) is 67.0. The van der Waals surface area contributed by atoms with E-state index in [-0.39, 0.29) is 85.1 Å². The first-order valence-electron chi connectivity index (χ1n) is 33.4. The van der Waals surface area contributed by atoms with Crippen molar-refractivity contribution in [2.75, 3.05) is 92.4 Å². The van der Waals surface area contributed by atoms with Crippen molar-refractivity contribution >= 4 is 60.8 Å². The number of nitrogens with zero attached hydrogens (tertiary/aromatic N) is 8. The molecule has 2 saturated heterocycles. The van der Waals surface area contributed by atoms with Gasteiger partial charge in [-0.2, -0.15) is 19.4 Å². The van der Waals surface area contributed by atoms with Gasteiger partial charge in [-0.15, -0.1) is 0 Å². The number of aromatic nitrogens is 4. The highest BCUT2D eigenvalue weighted by Crippen LogP contribution is 2.52. The molecule has 6 heterocycles. The van der Waals surface area contributed by atoms with Crippen LogP contribution >= 0.6 is 0 Å². The molecule has 4 aliphatic rings. The van der Waals surface area contributed by atoms with Crippen LogP contribution in [0, 0.1) is 25.5 Å². The van der Waals surface area contributed by atoms with Gasteiger partial charge in [-0.25, -0.2) is 28.2 Å². The van der Waals surface area contributed by atoms with E-state index in [0.717, 1.165) is 24.2 Å². The number of rotatable bonds is 34. The lowest BCUT2D eigenvalue weighted by molar-refractivity contribution is -1.05. The molecule has 4 aliphatic heterocycles. The third-order valence-electron chi connectivity index (χ3n) is 18.4. The molecule has 25 heteroatoms. The number of ketones is 3. The Balaban J connectivity index is 1.50. The van der Waals surface area contributed by atoms with E-state index in [0.29, 0.717) is 89.4 Å². The molecule has 0 amide bonds. The number of nitrogens with one attached hydrogen (secondary N) is 2. The van der Waals surface area contributed by atoms with Crippen LogP contribution in [-0.2, 0) is 37.2 Å². The molecule has 4 N–H and O–H groups in total. The maximum absolute atomic E-state index is 18.3. The van der Waals surface area contributed by atoms with Crippen molar-refractivity contribution in [3.8, 4) is 0 Å². The molecule has 4 unspecified atom stereocenters. The predicted molar refractivity (Wildman–Crippen MR) is 368 cm³/mol. The van der Waals surface area contributed by atoms with Gasteiger partial charge in [-0.05, 0) is 123 Å². The Morgan fingerprint density at radius 1 is 0.554 bits per heavy atom. The Hall–Kier alpha value is -4.72. The van der Waals surface area contributed by atoms with Crippen LogP contribution in [-0.4, -0.2) is 215 Å². The molecule has 2 aromatic heterocycles. The number of piperidine rings is 2. The lowest BCUT2D eigenvalue weighted by Crippen LogP contribution is -2.70. The monoisotopic (exact) mass is 1350 g/mol. The molecule has 4 aromatic rings. The van der Waals surface area contributed by atoms with Crippen molar-refractivity contribution in [3.05, 3.63) is 118 Å². The Morgan fingerprint density at radius 3 is 1.24 bits per heavy atom. The second-order valence-corrected chi connectivity index (χ2v) is 53.1. The standard InChI is InChI=1S/C67H108F2N10O9Si4/c1-49-53(21-15-23-55(49)68)59-61(76(51-19-17-27-70-43-51)78(31-33-80,47-87-37-41-91(9,10)11)63(59)65(82)57-25-29-74(72-57)45-85-35-39-89(3,4)5)67(84)62-60(54-22-16-24-56(69)50(54)2)64(66(83)58-26-30-75(73-58)46-86-36-40-90(6,7)8)79(32-34-81,48-88-38-42-92(12,13)14)77(62)52-20-18-28-71-44-52/h15-16,21-26,29-30,51-52,63-64,70-71,80-81H,17-20,27-28,31-48H2,1-14H3/q+2/t51-,52?,63+,64?,78?,79?/m0/s1. The highest BCUT2D eigenvalue weighted by Gasteiger charge is 2.66. The lowest BCUT2D eigenvalue weighted by atomic mass is 9.86. The Labute approximate surface area is 549 Å². The molecule has 2 aromatic carbocycles. The van der Waals surface area contributed by atoms with Crippen LogP contribution in [0.1, 0.15) is 68.9 Å². The van der Waals surface area contributed by atoms with Gasteiger partial charge < -0.3 is 39.8 Å². The number of hydrogen-bond donors (Lipinski definition) is 4. The minimum atomic E-state index is -1.75. The molecule has 508 valence electrons. The summed E-state index contributed by atoms with van der Waals surface area (Å²) in [4.78, 5) is 51.7. The first-order chi connectivity index (χ1) is 43.5. The van der Waals surface area contributed by atoms with E-state index >= 15 is 23.2 Å². The summed E-state index contributed by atoms with van der Waals surface area (Å²) in [5.74, 6) is -2.73. The van der Waals surface area contributed by atoms with Crippen molar-refractivity contribution in [3.63, 3.8) is 0 Å². The minimum absolute atomic E-state index is 0.0482. The van der Waals surface area contributed by atoms with E-state index < -0.39 is 108 Å². The molecule has 92 heavy (non-hydrogen) atoms. The van der Waals surface area contributed by atoms with Crippen molar-refractivity contribution in [2.45, 2.75) is 180 Å². The summed E-state index contributed by atoms with van der Waals surface area (Å²) in [7, 11) is -6.40. The van der Waals surface area contributed by atoms with Crippen molar-refractivity contribution < 1.29 is 61.5 Å². The SMILES string of the molecule is Cc1c(F)cccc1C1=C(C(=O)C2=C(c3cccc(F)c3C)[C@H](C(=O)c3ccn(COCC[Si](C)(C)C)n3)[N+](CCO)(COCC[Si](C)(C)C)N2[C@H]2CCCNC2)N(C2CCCNC2)[N+](CCO)(COCC[Si](C)(C)C)C1C(=O)c1ccn(COCC[Si](C)(C)C)n1. The summed E-state index contributed by atoms with van der Waals surface area (Å²) in [5, 5.41) is 44.6. The fraction of sp³-hybridized carbons (Fsp3) is 0.627. The third-order valence-corrected chi connectivity index (χ3v) is 25.3. The molecule has 0 bridgehead atoms. The van der Waals surface area contributed by atoms with Gasteiger partial charge in [0.1, 0.15) is 61.0 Å². The molecule has 0 saturated carbocycles. The number of hydrogen-bond acceptors (Lipinski definition) is 15. The topological polar surface area (TPSA) is 195 Å². The van der Waals surface area contributed by atoms with Gasteiger partial charge in [-0.3, -0.25) is 14.4 Å². The Kier molecular flexibility index (Phi) is 24.6. The second-order valence-electron chi connectivity index (χ2n) is 30.6. The summed E-state index contributed by atoms with van der Waals surface area (Å²) in [6.07, 6.45) is 5.84. The Bertz CT molecular complexity index is 3040. The number of halogens is 2. The smallest absolute Gasteiger partial charge is 0.247 e. The number of aliphatic hydroxyl groups excluding tert-OH is 2. The van der Waals surface area contributed by atoms with Crippen LogP contribution < -0.4 is 10.6 Å². The van der Waals surface area contributed by atoms with Crippen LogP contribution in [0.5, 0.6) is 0 Å². The van der Waals surface area contributed by atoms with Gasteiger partial charge in [-0.1, -0.05) is 103 Å². The van der Waals surface area contributed by atoms with E-state index in [9.17, 15) is 10.2 Å². The fourth-order valence-electron chi connectivity index (χ4n) is 13.3. The predicted octanol–water partition coefficient (Wildman–Crippen LogP) is 10.0. The maximum Gasteiger partial charge on any atom is 0.247 e. The lowest BCUT2D eigenvalue weighted by Gasteiger charge is -2.50. The largest absolute Gasteiger partial charge is 0.390 e. The average Bonchev–Trinajstić information content (AvgIpc) is 1.53. The molecule has 6 atom stereocenters. The van der Waals surface area contributed by atoms with Crippen LogP contribution in [0.25, 0.3) is 11.1 Å². The highest BCUT2D eigenvalue weighted by atomic mass is 28.3. The molecule has 0 spiro atoms. The quantitative estimate of drug-likeness (QED) is 0.0149. The zero-order valence-corrected chi connectivity index (χ0v) is 61.6. The molecule has 19 nitrogen and oxygen atoms in total. The number of carbonyl (C=O) groups is 3. The maximum atomic E-state index is 18.3. The number of benzene rings is 2. The van der Waals surface area contributed by atoms with Gasteiger partial charge >= 0.3 is 0 Å². The van der Waals surface area contributed by atoms with Crippen molar-refractivity contribution in [2.24, 2.45) is 0 Å². The molecule has 2 fully saturated rings. The fourth-order valence-corrected chi connectivity index (χ4v) is 16.3. The van der Waals surface area contributed by atoms with Gasteiger partial charge in [0.25, 0.3) is 0 Å². The van der Waals surface area contributed by atoms with Crippen LogP contribution in [0.15, 0.2) is 72.3 Å². The summed E-state index contributed by atoms with van der Waals surface area (Å²) in [6.45, 7) is 32.9. The Morgan fingerprint density at radius 2 is 0.913 bits per heavy atom. The van der Waals surface area contributed by atoms with Gasteiger partial charge in [0.15, 0.2) is 0 Å². The number of aliphatic hydroxyl groups is 2. The van der Waals surface area contributed by atoms with Crippen LogP contribution in [0.2, 0.25) is 103 Å². The number of Topliss-reactive ketones (excluding diaryl/α,β-unsaturated/α-hetero) is 3. The van der Waals surface area contributed by atoms with E-state index in [1.807, 2.05) is 10.0 Å². The van der Waals surface area contributed by atoms with E-state index in [2.05, 4.69) is 89.2 Å². The van der Waals surface area contributed by atoms with Gasteiger partial charge in [0.2, 0.25) is 42.9 Å². The van der Waals surface area contributed by atoms with E-state index in [4.69, 9.17) is 29.1 Å². The van der Waals surface area contributed by atoms with Gasteiger partial charge in [0.05, 0.1) is 49.7 Å². The first-order valence-corrected chi connectivity index (χ1v) is 48.2. The average molecular weight is 1350 g/mol. The number of ether oxygens (including phenoxy) is 4. The molecular formula is C67H108F2N10O9Si4+2. The van der Waals surface area contributed by atoms with Crippen molar-refractivity contribution in [1.29, 1.82) is 0 Å². The van der Waals surface area contributed by atoms with Crippen LogP contribution in [0.3, 0.4) is 0 Å². The second kappa shape index (κ2) is 31.0. The summed E-state index contributed by atoms with van der Waals surface area (Å²) in [5.41, 5.74) is 1.58. The molecule has 0 radical (unpaired) electrons. The first kappa shape index (κ1) is 73.1. The normalized spacial score (nSPS) is 22.8. The summed E-state index contributed by atoms with van der Waals surface area (Å²) in [6, 6.07) is 12.2. The third kappa shape index (κ3) is 17.3. The van der Waals surface area contributed by atoms with E-state index in [1.165, 1.54) is 12.1 Å². The van der Waals surface area contributed by atoms with E-state index in [1.54, 1.807) is 72.0 Å².